The fraction of sp³-hybridized carbons (Fsp3) is 0.600. The Morgan fingerprint density at radius 1 is 1.50 bits per heavy atom. The summed E-state index contributed by atoms with van der Waals surface area (Å²) >= 11 is 0. The number of anilines is 1. The summed E-state index contributed by atoms with van der Waals surface area (Å²) in [6.45, 7) is 4.72. The van der Waals surface area contributed by atoms with E-state index >= 15 is 0 Å². The molecule has 0 radical (unpaired) electrons. The van der Waals surface area contributed by atoms with E-state index in [-0.39, 0.29) is 6.10 Å². The van der Waals surface area contributed by atoms with E-state index in [2.05, 4.69) is 29.1 Å². The third-order valence-corrected chi connectivity index (χ3v) is 1.84. The second-order valence-electron chi connectivity index (χ2n) is 3.76. The molecule has 0 bridgehead atoms. The number of rotatable bonds is 5. The minimum Gasteiger partial charge on any atom is -0.391 e. The van der Waals surface area contributed by atoms with E-state index in [9.17, 15) is 5.11 Å². The lowest BCUT2D eigenvalue weighted by atomic mass is 10.1. The molecule has 0 aliphatic rings. The summed E-state index contributed by atoms with van der Waals surface area (Å²) in [5.41, 5.74) is 0. The van der Waals surface area contributed by atoms with Crippen LogP contribution in [-0.2, 0) is 0 Å². The van der Waals surface area contributed by atoms with Crippen LogP contribution in [0.4, 0.5) is 5.82 Å². The molecular weight excluding hydrogens is 178 g/mol. The highest BCUT2D eigenvalue weighted by Gasteiger charge is 2.06. The molecule has 1 unspecified atom stereocenters. The lowest BCUT2D eigenvalue weighted by Crippen LogP contribution is -2.21. The average Bonchev–Trinajstić information content (AvgIpc) is 2.15. The van der Waals surface area contributed by atoms with Crippen LogP contribution in [0.15, 0.2) is 18.6 Å². The molecule has 0 aromatic carbocycles. The summed E-state index contributed by atoms with van der Waals surface area (Å²) in [7, 11) is 0. The van der Waals surface area contributed by atoms with Gasteiger partial charge in [-0.05, 0) is 18.4 Å². The van der Waals surface area contributed by atoms with Crippen LogP contribution in [0, 0.1) is 5.92 Å². The van der Waals surface area contributed by atoms with Gasteiger partial charge in [-0.3, -0.25) is 0 Å². The second kappa shape index (κ2) is 5.54. The number of aliphatic hydroxyl groups excluding tert-OH is 1. The Kier molecular flexibility index (Phi) is 4.32. The second-order valence-corrected chi connectivity index (χ2v) is 3.76. The Balaban J connectivity index is 2.27. The van der Waals surface area contributed by atoms with Crippen molar-refractivity contribution in [1.29, 1.82) is 0 Å². The maximum absolute atomic E-state index is 9.58. The van der Waals surface area contributed by atoms with E-state index in [1.165, 1.54) is 6.33 Å². The number of hydrogen-bond acceptors (Lipinski definition) is 4. The van der Waals surface area contributed by atoms with Crippen LogP contribution in [-0.4, -0.2) is 27.7 Å². The Labute approximate surface area is 84.4 Å². The van der Waals surface area contributed by atoms with Crippen LogP contribution in [0.5, 0.6) is 0 Å². The van der Waals surface area contributed by atoms with Gasteiger partial charge in [0.15, 0.2) is 0 Å². The van der Waals surface area contributed by atoms with Gasteiger partial charge in [-0.15, -0.1) is 0 Å². The molecular formula is C10H17N3O. The molecule has 4 heteroatoms. The smallest absolute Gasteiger partial charge is 0.129 e. The molecule has 1 rings (SSSR count). The van der Waals surface area contributed by atoms with E-state index in [0.29, 0.717) is 12.5 Å². The first-order valence-corrected chi connectivity index (χ1v) is 4.86. The minimum atomic E-state index is -0.315. The van der Waals surface area contributed by atoms with Gasteiger partial charge < -0.3 is 10.4 Å². The van der Waals surface area contributed by atoms with Crippen LogP contribution in [0.25, 0.3) is 0 Å². The first kappa shape index (κ1) is 10.9. The van der Waals surface area contributed by atoms with Crippen molar-refractivity contribution < 1.29 is 5.11 Å². The van der Waals surface area contributed by atoms with Crippen LogP contribution >= 0.6 is 0 Å². The molecule has 1 aromatic rings. The molecule has 78 valence electrons. The van der Waals surface area contributed by atoms with Gasteiger partial charge in [0.1, 0.15) is 12.1 Å². The van der Waals surface area contributed by atoms with E-state index in [1.54, 1.807) is 12.3 Å². The quantitative estimate of drug-likeness (QED) is 0.743. The Bertz CT molecular complexity index is 251. The molecule has 0 amide bonds. The normalized spacial score (nSPS) is 12.9. The molecule has 0 saturated carbocycles. The molecule has 2 N–H and O–H groups in total. The van der Waals surface area contributed by atoms with E-state index in [0.717, 1.165) is 12.2 Å². The number of nitrogens with zero attached hydrogens (tertiary/aromatic N) is 2. The summed E-state index contributed by atoms with van der Waals surface area (Å²) in [4.78, 5) is 7.80. The fourth-order valence-electron chi connectivity index (χ4n) is 1.25. The highest BCUT2D eigenvalue weighted by molar-refractivity contribution is 5.31. The number of aliphatic hydroxyl groups is 1. The topological polar surface area (TPSA) is 58.0 Å². The summed E-state index contributed by atoms with van der Waals surface area (Å²) in [5.74, 6) is 1.26. The van der Waals surface area contributed by atoms with Crippen molar-refractivity contribution in [2.75, 3.05) is 11.9 Å². The van der Waals surface area contributed by atoms with Gasteiger partial charge >= 0.3 is 0 Å². The van der Waals surface area contributed by atoms with Crippen molar-refractivity contribution in [2.24, 2.45) is 5.92 Å². The van der Waals surface area contributed by atoms with Gasteiger partial charge in [-0.2, -0.15) is 0 Å². The first-order valence-electron chi connectivity index (χ1n) is 4.86. The SMILES string of the molecule is CC(C)CC(O)CNc1ccncn1. The largest absolute Gasteiger partial charge is 0.391 e. The van der Waals surface area contributed by atoms with Crippen LogP contribution in [0.2, 0.25) is 0 Å². The fourth-order valence-corrected chi connectivity index (χ4v) is 1.25. The molecule has 14 heavy (non-hydrogen) atoms. The summed E-state index contributed by atoms with van der Waals surface area (Å²) in [5, 5.41) is 12.6. The number of aromatic nitrogens is 2. The summed E-state index contributed by atoms with van der Waals surface area (Å²) in [6, 6.07) is 1.78. The van der Waals surface area contributed by atoms with Crippen molar-refractivity contribution in [1.82, 2.24) is 9.97 Å². The molecule has 0 fully saturated rings. The van der Waals surface area contributed by atoms with Gasteiger partial charge in [-0.1, -0.05) is 13.8 Å². The highest BCUT2D eigenvalue weighted by atomic mass is 16.3. The zero-order valence-electron chi connectivity index (χ0n) is 8.64. The van der Waals surface area contributed by atoms with Crippen molar-refractivity contribution in [3.63, 3.8) is 0 Å². The van der Waals surface area contributed by atoms with Gasteiger partial charge in [0, 0.05) is 12.7 Å². The maximum Gasteiger partial charge on any atom is 0.129 e. The van der Waals surface area contributed by atoms with Crippen molar-refractivity contribution in [3.05, 3.63) is 18.6 Å². The summed E-state index contributed by atoms with van der Waals surface area (Å²) < 4.78 is 0. The number of hydrogen-bond donors (Lipinski definition) is 2. The molecule has 1 heterocycles. The van der Waals surface area contributed by atoms with Gasteiger partial charge in [0.25, 0.3) is 0 Å². The molecule has 1 atom stereocenters. The zero-order chi connectivity index (χ0) is 10.4. The van der Waals surface area contributed by atoms with E-state index in [4.69, 9.17) is 0 Å². The highest BCUT2D eigenvalue weighted by Crippen LogP contribution is 2.05. The standard InChI is InChI=1S/C10H17N3O/c1-8(2)5-9(14)6-12-10-3-4-11-7-13-10/h3-4,7-9,14H,5-6H2,1-2H3,(H,11,12,13). The van der Waals surface area contributed by atoms with E-state index < -0.39 is 0 Å². The van der Waals surface area contributed by atoms with Crippen molar-refractivity contribution in [2.45, 2.75) is 26.4 Å². The van der Waals surface area contributed by atoms with Gasteiger partial charge in [0.05, 0.1) is 6.10 Å². The molecule has 0 spiro atoms. The molecule has 0 aliphatic heterocycles. The zero-order valence-corrected chi connectivity index (χ0v) is 8.64. The lowest BCUT2D eigenvalue weighted by molar-refractivity contribution is 0.161. The molecule has 1 aromatic heterocycles. The predicted molar refractivity (Wildman–Crippen MR) is 56.0 cm³/mol. The van der Waals surface area contributed by atoms with Gasteiger partial charge in [0.2, 0.25) is 0 Å². The Morgan fingerprint density at radius 3 is 2.86 bits per heavy atom. The summed E-state index contributed by atoms with van der Waals surface area (Å²) in [6.07, 6.45) is 3.64. The average molecular weight is 195 g/mol. The first-order chi connectivity index (χ1) is 6.68. The molecule has 0 saturated heterocycles. The van der Waals surface area contributed by atoms with Crippen molar-refractivity contribution in [3.8, 4) is 0 Å². The maximum atomic E-state index is 9.58. The molecule has 4 nitrogen and oxygen atoms in total. The van der Waals surface area contributed by atoms with Gasteiger partial charge in [-0.25, -0.2) is 9.97 Å². The number of nitrogens with one attached hydrogen (secondary N) is 1. The molecule has 0 aliphatic carbocycles. The van der Waals surface area contributed by atoms with Crippen LogP contribution in [0.3, 0.4) is 0 Å². The van der Waals surface area contributed by atoms with Crippen molar-refractivity contribution >= 4 is 5.82 Å². The minimum absolute atomic E-state index is 0.315. The third-order valence-electron chi connectivity index (χ3n) is 1.84. The predicted octanol–water partition coefficient (Wildman–Crippen LogP) is 1.30. The van der Waals surface area contributed by atoms with E-state index in [1.807, 2.05) is 0 Å². The van der Waals surface area contributed by atoms with Crippen LogP contribution < -0.4 is 5.32 Å². The third kappa shape index (κ3) is 4.18. The Morgan fingerprint density at radius 2 is 2.29 bits per heavy atom. The van der Waals surface area contributed by atoms with Crippen LogP contribution in [0.1, 0.15) is 20.3 Å². The lowest BCUT2D eigenvalue weighted by Gasteiger charge is -2.13. The Hall–Kier alpha value is -1.16. The monoisotopic (exact) mass is 195 g/mol.